The number of piperidine rings is 1. The fourth-order valence-corrected chi connectivity index (χ4v) is 4.97. The van der Waals surface area contributed by atoms with E-state index >= 15 is 0 Å². The summed E-state index contributed by atoms with van der Waals surface area (Å²) in [6.45, 7) is 11.0. The molecule has 0 bridgehead atoms. The lowest BCUT2D eigenvalue weighted by molar-refractivity contribution is -0.156. The van der Waals surface area contributed by atoms with Crippen LogP contribution in [0.3, 0.4) is 0 Å². The quantitative estimate of drug-likeness (QED) is 0.700. The van der Waals surface area contributed by atoms with E-state index in [4.69, 9.17) is 11.6 Å². The number of amides is 2. The molecule has 3 rings (SSSR count). The Morgan fingerprint density at radius 1 is 1.13 bits per heavy atom. The van der Waals surface area contributed by atoms with E-state index in [1.807, 2.05) is 39.8 Å². The van der Waals surface area contributed by atoms with Gasteiger partial charge in [0.1, 0.15) is 6.04 Å². The van der Waals surface area contributed by atoms with E-state index in [9.17, 15) is 14.7 Å². The highest BCUT2D eigenvalue weighted by atomic mass is 35.5. The van der Waals surface area contributed by atoms with Crippen molar-refractivity contribution < 1.29 is 14.7 Å². The maximum atomic E-state index is 13.4. The van der Waals surface area contributed by atoms with Crippen molar-refractivity contribution in [3.63, 3.8) is 0 Å². The summed E-state index contributed by atoms with van der Waals surface area (Å²) in [5.41, 5.74) is -0.801. The van der Waals surface area contributed by atoms with Crippen LogP contribution in [0, 0.1) is 11.3 Å². The fraction of sp³-hybridized carbons (Fsp3) is 0.667. The average molecular weight is 450 g/mol. The van der Waals surface area contributed by atoms with E-state index in [0.717, 1.165) is 31.5 Å². The number of nitrogens with zero attached hydrogens (tertiary/aromatic N) is 2. The third-order valence-electron chi connectivity index (χ3n) is 6.90. The number of benzene rings is 1. The molecular weight excluding hydrogens is 414 g/mol. The summed E-state index contributed by atoms with van der Waals surface area (Å²) in [5, 5.41) is 15.2. The number of carbonyl (C=O) groups is 2. The first-order chi connectivity index (χ1) is 14.5. The molecule has 7 heteroatoms. The van der Waals surface area contributed by atoms with Gasteiger partial charge in [-0.05, 0) is 56.0 Å². The second-order valence-corrected chi connectivity index (χ2v) is 10.5. The van der Waals surface area contributed by atoms with Crippen molar-refractivity contribution in [1.82, 2.24) is 15.1 Å². The monoisotopic (exact) mass is 449 g/mol. The Balaban J connectivity index is 1.69. The fourth-order valence-electron chi connectivity index (χ4n) is 4.84. The van der Waals surface area contributed by atoms with E-state index in [2.05, 4.69) is 10.2 Å². The van der Waals surface area contributed by atoms with E-state index < -0.39 is 17.1 Å². The number of hydrogen-bond donors (Lipinski definition) is 2. The third kappa shape index (κ3) is 5.24. The minimum absolute atomic E-state index is 0.0183. The molecule has 0 spiro atoms. The van der Waals surface area contributed by atoms with Gasteiger partial charge in [0.25, 0.3) is 0 Å². The topological polar surface area (TPSA) is 72.9 Å². The first-order valence-electron chi connectivity index (χ1n) is 11.3. The Labute approximate surface area is 190 Å². The summed E-state index contributed by atoms with van der Waals surface area (Å²) in [5.74, 6) is -0.186. The molecule has 2 aliphatic rings. The van der Waals surface area contributed by atoms with Gasteiger partial charge in [-0.25, -0.2) is 0 Å². The van der Waals surface area contributed by atoms with Crippen LogP contribution in [-0.2, 0) is 15.2 Å². The number of carbonyl (C=O) groups excluding carboxylic acids is 2. The first kappa shape index (κ1) is 24.0. The van der Waals surface area contributed by atoms with Crippen molar-refractivity contribution in [3.05, 3.63) is 34.9 Å². The van der Waals surface area contributed by atoms with Gasteiger partial charge in [0.2, 0.25) is 11.8 Å². The molecule has 2 amide bonds. The molecule has 172 valence electrons. The maximum Gasteiger partial charge on any atom is 0.245 e. The van der Waals surface area contributed by atoms with Crippen LogP contribution in [0.25, 0.3) is 0 Å². The van der Waals surface area contributed by atoms with Gasteiger partial charge in [-0.3, -0.25) is 14.5 Å². The molecule has 0 unspecified atom stereocenters. The molecule has 2 N–H and O–H groups in total. The van der Waals surface area contributed by atoms with Crippen molar-refractivity contribution in [1.29, 1.82) is 0 Å². The summed E-state index contributed by atoms with van der Waals surface area (Å²) in [4.78, 5) is 29.9. The van der Waals surface area contributed by atoms with Crippen LogP contribution in [0.4, 0.5) is 0 Å². The molecule has 0 aliphatic carbocycles. The van der Waals surface area contributed by atoms with Crippen LogP contribution in [0.2, 0.25) is 5.02 Å². The zero-order chi connectivity index (χ0) is 22.8. The summed E-state index contributed by atoms with van der Waals surface area (Å²) < 4.78 is 0. The summed E-state index contributed by atoms with van der Waals surface area (Å²) >= 11 is 6.02. The molecule has 2 heterocycles. The Hall–Kier alpha value is -1.63. The second-order valence-electron chi connectivity index (χ2n) is 10.0. The first-order valence-corrected chi connectivity index (χ1v) is 11.7. The van der Waals surface area contributed by atoms with Crippen LogP contribution < -0.4 is 5.32 Å². The Kier molecular flexibility index (Phi) is 7.34. The molecular formula is C24H36ClN3O3. The van der Waals surface area contributed by atoms with Crippen LogP contribution in [-0.4, -0.2) is 65.5 Å². The van der Waals surface area contributed by atoms with Gasteiger partial charge in [-0.15, -0.1) is 0 Å². The van der Waals surface area contributed by atoms with E-state index in [0.29, 0.717) is 31.1 Å². The zero-order valence-electron chi connectivity index (χ0n) is 19.2. The van der Waals surface area contributed by atoms with E-state index in [1.165, 1.54) is 0 Å². The van der Waals surface area contributed by atoms with Crippen LogP contribution in [0.15, 0.2) is 24.3 Å². The molecule has 0 saturated carbocycles. The lowest BCUT2D eigenvalue weighted by atomic mass is 9.66. The van der Waals surface area contributed by atoms with Crippen LogP contribution >= 0.6 is 11.6 Å². The molecule has 1 aromatic carbocycles. The molecule has 0 aromatic heterocycles. The molecule has 6 nitrogen and oxygen atoms in total. The molecule has 2 saturated heterocycles. The SMILES string of the molecule is CC(C)[C@@H](NC(=O)CN1CCCC1)C(=O)N1CC[C@](O)(c2ccc(Cl)cc2)C(C)(C)C1. The number of aliphatic hydroxyl groups is 1. The van der Waals surface area contributed by atoms with Gasteiger partial charge < -0.3 is 15.3 Å². The Morgan fingerprint density at radius 3 is 2.29 bits per heavy atom. The van der Waals surface area contributed by atoms with Crippen molar-refractivity contribution in [2.24, 2.45) is 11.3 Å². The predicted molar refractivity (Wildman–Crippen MR) is 123 cm³/mol. The highest BCUT2D eigenvalue weighted by Crippen LogP contribution is 2.46. The highest BCUT2D eigenvalue weighted by molar-refractivity contribution is 6.30. The average Bonchev–Trinajstić information content (AvgIpc) is 3.21. The molecule has 0 radical (unpaired) electrons. The smallest absolute Gasteiger partial charge is 0.245 e. The number of likely N-dealkylation sites (tertiary alicyclic amines) is 2. The van der Waals surface area contributed by atoms with Gasteiger partial charge in [0.05, 0.1) is 12.1 Å². The molecule has 2 fully saturated rings. The predicted octanol–water partition coefficient (Wildman–Crippen LogP) is 3.02. The van der Waals surface area contributed by atoms with E-state index in [-0.39, 0.29) is 17.7 Å². The van der Waals surface area contributed by atoms with Crippen molar-refractivity contribution in [2.75, 3.05) is 32.7 Å². The molecule has 2 aliphatic heterocycles. The van der Waals surface area contributed by atoms with Gasteiger partial charge >= 0.3 is 0 Å². The summed E-state index contributed by atoms with van der Waals surface area (Å²) in [7, 11) is 0. The van der Waals surface area contributed by atoms with Gasteiger partial charge in [-0.1, -0.05) is 51.4 Å². The summed E-state index contributed by atoms with van der Waals surface area (Å²) in [6.07, 6.45) is 2.68. The lowest BCUT2D eigenvalue weighted by Gasteiger charge is -2.51. The van der Waals surface area contributed by atoms with Gasteiger partial charge in [-0.2, -0.15) is 0 Å². The molecule has 31 heavy (non-hydrogen) atoms. The Morgan fingerprint density at radius 2 is 1.74 bits per heavy atom. The minimum atomic E-state index is -1.05. The van der Waals surface area contributed by atoms with E-state index in [1.54, 1.807) is 17.0 Å². The molecule has 1 aromatic rings. The highest BCUT2D eigenvalue weighted by Gasteiger charge is 2.50. The van der Waals surface area contributed by atoms with Gasteiger partial charge in [0, 0.05) is 23.5 Å². The second kappa shape index (κ2) is 9.47. The normalized spacial score (nSPS) is 24.9. The Bertz CT molecular complexity index is 790. The summed E-state index contributed by atoms with van der Waals surface area (Å²) in [6, 6.07) is 6.72. The number of hydrogen-bond acceptors (Lipinski definition) is 4. The van der Waals surface area contributed by atoms with Crippen molar-refractivity contribution in [2.45, 2.75) is 58.6 Å². The lowest BCUT2D eigenvalue weighted by Crippen LogP contribution is -2.60. The molecule has 2 atom stereocenters. The standard InChI is InChI=1S/C24H36ClN3O3/c1-17(2)21(26-20(29)15-27-12-5-6-13-27)22(30)28-14-11-24(31,23(3,4)16-28)18-7-9-19(25)10-8-18/h7-10,17,21,31H,5-6,11-16H2,1-4H3,(H,26,29)/t21-,24+/m1/s1. The number of rotatable bonds is 6. The minimum Gasteiger partial charge on any atom is -0.384 e. The van der Waals surface area contributed by atoms with Gasteiger partial charge in [0.15, 0.2) is 0 Å². The largest absolute Gasteiger partial charge is 0.384 e. The zero-order valence-corrected chi connectivity index (χ0v) is 19.9. The van der Waals surface area contributed by atoms with Crippen LogP contribution in [0.5, 0.6) is 0 Å². The number of nitrogens with one attached hydrogen (secondary N) is 1. The third-order valence-corrected chi connectivity index (χ3v) is 7.15. The maximum absolute atomic E-state index is 13.4. The number of halogens is 1. The van der Waals surface area contributed by atoms with Crippen LogP contribution in [0.1, 0.15) is 52.5 Å². The van der Waals surface area contributed by atoms with Crippen molar-refractivity contribution in [3.8, 4) is 0 Å². The van der Waals surface area contributed by atoms with Crippen molar-refractivity contribution >= 4 is 23.4 Å².